The van der Waals surface area contributed by atoms with Gasteiger partial charge in [-0.2, -0.15) is 0 Å². The van der Waals surface area contributed by atoms with Crippen LogP contribution in [0.25, 0.3) is 6.08 Å². The van der Waals surface area contributed by atoms with Gasteiger partial charge < -0.3 is 10.1 Å². The molecule has 0 spiro atoms. The van der Waals surface area contributed by atoms with Gasteiger partial charge in [0.05, 0.1) is 0 Å². The predicted molar refractivity (Wildman–Crippen MR) is 90.5 cm³/mol. The van der Waals surface area contributed by atoms with Crippen molar-refractivity contribution in [2.75, 3.05) is 6.54 Å². The van der Waals surface area contributed by atoms with Gasteiger partial charge in [-0.05, 0) is 11.6 Å². The first-order chi connectivity index (χ1) is 11.2. The van der Waals surface area contributed by atoms with Crippen LogP contribution >= 0.6 is 11.6 Å². The van der Waals surface area contributed by atoms with Crippen LogP contribution in [0.1, 0.15) is 21.5 Å². The average molecular weight is 330 g/mol. The molecule has 0 aliphatic heterocycles. The lowest BCUT2D eigenvalue weighted by Crippen LogP contribution is -2.24. The zero-order chi connectivity index (χ0) is 16.5. The third kappa shape index (κ3) is 5.27. The second kappa shape index (κ2) is 8.76. The van der Waals surface area contributed by atoms with Gasteiger partial charge in [0.25, 0.3) is 0 Å². The molecule has 0 fully saturated rings. The first kappa shape index (κ1) is 16.8. The maximum absolute atomic E-state index is 11.6. The zero-order valence-electron chi connectivity index (χ0n) is 12.4. The standard InChI is InChI=1S/C18H16ClNO3/c19-17-10-4-8-15(12-21)16(17)9-5-11-20-18(22)23-13-14-6-2-1-3-7-14/h1-10,12H,11,13H2,(H,20,22). The van der Waals surface area contributed by atoms with E-state index in [1.54, 1.807) is 30.4 Å². The zero-order valence-corrected chi connectivity index (χ0v) is 13.1. The van der Waals surface area contributed by atoms with Crippen LogP contribution in [-0.4, -0.2) is 18.9 Å². The molecule has 0 radical (unpaired) electrons. The van der Waals surface area contributed by atoms with Crippen molar-refractivity contribution >= 4 is 30.1 Å². The van der Waals surface area contributed by atoms with Gasteiger partial charge in [-0.25, -0.2) is 4.79 Å². The van der Waals surface area contributed by atoms with E-state index in [2.05, 4.69) is 5.32 Å². The van der Waals surface area contributed by atoms with Crippen LogP contribution in [0.15, 0.2) is 54.6 Å². The fourth-order valence-electron chi connectivity index (χ4n) is 1.93. The Hall–Kier alpha value is -2.59. The summed E-state index contributed by atoms with van der Waals surface area (Å²) in [5.41, 5.74) is 2.05. The molecule has 1 N–H and O–H groups in total. The van der Waals surface area contributed by atoms with E-state index in [-0.39, 0.29) is 13.2 Å². The number of hydrogen-bond donors (Lipinski definition) is 1. The number of hydrogen-bond acceptors (Lipinski definition) is 3. The summed E-state index contributed by atoms with van der Waals surface area (Å²) in [6.45, 7) is 0.493. The molecule has 2 rings (SSSR count). The maximum Gasteiger partial charge on any atom is 0.407 e. The first-order valence-electron chi connectivity index (χ1n) is 7.05. The van der Waals surface area contributed by atoms with Crippen molar-refractivity contribution < 1.29 is 14.3 Å². The van der Waals surface area contributed by atoms with Gasteiger partial charge in [-0.1, -0.05) is 66.2 Å². The van der Waals surface area contributed by atoms with Crippen LogP contribution in [-0.2, 0) is 11.3 Å². The Kier molecular flexibility index (Phi) is 6.39. The van der Waals surface area contributed by atoms with Crippen molar-refractivity contribution in [1.82, 2.24) is 5.32 Å². The molecule has 0 unspecified atom stereocenters. The summed E-state index contributed by atoms with van der Waals surface area (Å²) >= 11 is 6.05. The molecule has 0 atom stereocenters. The number of benzene rings is 2. The van der Waals surface area contributed by atoms with Crippen molar-refractivity contribution in [3.05, 3.63) is 76.3 Å². The number of ether oxygens (including phenoxy) is 1. The molecule has 118 valence electrons. The number of rotatable bonds is 6. The molecule has 0 bridgehead atoms. The Bertz CT molecular complexity index is 699. The quantitative estimate of drug-likeness (QED) is 0.812. The van der Waals surface area contributed by atoms with Gasteiger partial charge in [-0.3, -0.25) is 4.79 Å². The summed E-state index contributed by atoms with van der Waals surface area (Å²) in [6, 6.07) is 14.5. The normalized spacial score (nSPS) is 10.5. The van der Waals surface area contributed by atoms with E-state index in [9.17, 15) is 9.59 Å². The monoisotopic (exact) mass is 329 g/mol. The van der Waals surface area contributed by atoms with Crippen LogP contribution in [0, 0.1) is 0 Å². The van der Waals surface area contributed by atoms with Crippen LogP contribution in [0.2, 0.25) is 5.02 Å². The first-order valence-corrected chi connectivity index (χ1v) is 7.43. The topological polar surface area (TPSA) is 55.4 Å². The van der Waals surface area contributed by atoms with E-state index < -0.39 is 6.09 Å². The minimum atomic E-state index is -0.506. The SMILES string of the molecule is O=Cc1cccc(Cl)c1C=CCNC(=O)OCc1ccccc1. The number of halogens is 1. The highest BCUT2D eigenvalue weighted by Crippen LogP contribution is 2.20. The summed E-state index contributed by atoms with van der Waals surface area (Å²) in [5.74, 6) is 0. The third-order valence-electron chi connectivity index (χ3n) is 3.08. The maximum atomic E-state index is 11.6. The van der Waals surface area contributed by atoms with E-state index in [1.807, 2.05) is 30.3 Å². The Balaban J connectivity index is 1.80. The van der Waals surface area contributed by atoms with E-state index in [0.29, 0.717) is 16.1 Å². The van der Waals surface area contributed by atoms with E-state index >= 15 is 0 Å². The van der Waals surface area contributed by atoms with Gasteiger partial charge in [-0.15, -0.1) is 0 Å². The summed E-state index contributed by atoms with van der Waals surface area (Å²) in [4.78, 5) is 22.5. The Morgan fingerprint density at radius 1 is 1.13 bits per heavy atom. The number of amides is 1. The molecule has 2 aromatic carbocycles. The highest BCUT2D eigenvalue weighted by atomic mass is 35.5. The van der Waals surface area contributed by atoms with E-state index in [0.717, 1.165) is 11.8 Å². The van der Waals surface area contributed by atoms with Gasteiger partial charge in [0, 0.05) is 22.7 Å². The lowest BCUT2D eigenvalue weighted by atomic mass is 10.1. The Labute approximate surface area is 139 Å². The molecule has 0 aliphatic rings. The fourth-order valence-corrected chi connectivity index (χ4v) is 2.17. The van der Waals surface area contributed by atoms with Crippen molar-refractivity contribution in [1.29, 1.82) is 0 Å². The lowest BCUT2D eigenvalue weighted by molar-refractivity contribution is 0.112. The van der Waals surface area contributed by atoms with Gasteiger partial charge in [0.2, 0.25) is 0 Å². The molecule has 0 heterocycles. The molecule has 1 amide bonds. The van der Waals surface area contributed by atoms with Crippen molar-refractivity contribution in [2.24, 2.45) is 0 Å². The average Bonchev–Trinajstić information content (AvgIpc) is 2.58. The smallest absolute Gasteiger partial charge is 0.407 e. The summed E-state index contributed by atoms with van der Waals surface area (Å²) in [7, 11) is 0. The fraction of sp³-hybridized carbons (Fsp3) is 0.111. The minimum Gasteiger partial charge on any atom is -0.445 e. The van der Waals surface area contributed by atoms with Crippen molar-refractivity contribution in [3.63, 3.8) is 0 Å². The van der Waals surface area contributed by atoms with Crippen LogP contribution in [0.3, 0.4) is 0 Å². The molecule has 0 saturated carbocycles. The summed E-state index contributed by atoms with van der Waals surface area (Å²) in [6.07, 6.45) is 3.64. The summed E-state index contributed by atoms with van der Waals surface area (Å²) in [5, 5.41) is 3.08. The number of carbonyl (C=O) groups excluding carboxylic acids is 2. The van der Waals surface area contributed by atoms with Crippen molar-refractivity contribution in [2.45, 2.75) is 6.61 Å². The molecular formula is C18H16ClNO3. The Morgan fingerprint density at radius 2 is 1.91 bits per heavy atom. The van der Waals surface area contributed by atoms with E-state index in [4.69, 9.17) is 16.3 Å². The van der Waals surface area contributed by atoms with Crippen LogP contribution in [0.5, 0.6) is 0 Å². The Morgan fingerprint density at radius 3 is 2.65 bits per heavy atom. The second-order valence-electron chi connectivity index (χ2n) is 4.71. The molecule has 23 heavy (non-hydrogen) atoms. The molecule has 0 saturated heterocycles. The van der Waals surface area contributed by atoms with Crippen LogP contribution in [0.4, 0.5) is 4.79 Å². The van der Waals surface area contributed by atoms with Gasteiger partial charge in [0.15, 0.2) is 6.29 Å². The second-order valence-corrected chi connectivity index (χ2v) is 5.11. The number of carbonyl (C=O) groups is 2. The molecule has 0 aliphatic carbocycles. The van der Waals surface area contributed by atoms with Gasteiger partial charge in [0.1, 0.15) is 6.61 Å². The van der Waals surface area contributed by atoms with Crippen LogP contribution < -0.4 is 5.32 Å². The number of nitrogens with one attached hydrogen (secondary N) is 1. The highest BCUT2D eigenvalue weighted by Gasteiger charge is 2.03. The number of alkyl carbamates (subject to hydrolysis) is 1. The van der Waals surface area contributed by atoms with Crippen molar-refractivity contribution in [3.8, 4) is 0 Å². The van der Waals surface area contributed by atoms with Gasteiger partial charge >= 0.3 is 6.09 Å². The summed E-state index contributed by atoms with van der Waals surface area (Å²) < 4.78 is 5.08. The largest absolute Gasteiger partial charge is 0.445 e. The minimum absolute atomic E-state index is 0.218. The third-order valence-corrected chi connectivity index (χ3v) is 3.40. The van der Waals surface area contributed by atoms with E-state index in [1.165, 1.54) is 0 Å². The molecule has 0 aromatic heterocycles. The lowest BCUT2D eigenvalue weighted by Gasteiger charge is -2.05. The highest BCUT2D eigenvalue weighted by molar-refractivity contribution is 6.32. The molecule has 2 aromatic rings. The molecule has 4 nitrogen and oxygen atoms in total. The number of aldehydes is 1. The molecular weight excluding hydrogens is 314 g/mol. The molecule has 5 heteroatoms. The predicted octanol–water partition coefficient (Wildman–Crippen LogP) is 4.09.